The molecule has 1 aliphatic rings. The predicted molar refractivity (Wildman–Crippen MR) is 45.6 cm³/mol. The summed E-state index contributed by atoms with van der Waals surface area (Å²) < 4.78 is 0. The fourth-order valence-corrected chi connectivity index (χ4v) is 1.52. The van der Waals surface area contributed by atoms with Crippen LogP contribution in [-0.4, -0.2) is 17.6 Å². The van der Waals surface area contributed by atoms with Crippen molar-refractivity contribution < 1.29 is 9.90 Å². The highest BCUT2D eigenvalue weighted by molar-refractivity contribution is 5.95. The summed E-state index contributed by atoms with van der Waals surface area (Å²) in [6.45, 7) is 0.847. The van der Waals surface area contributed by atoms with Gasteiger partial charge in [-0.1, -0.05) is 12.1 Å². The quantitative estimate of drug-likeness (QED) is 0.657. The number of carboxylic acid groups (broad SMARTS) is 1. The van der Waals surface area contributed by atoms with Gasteiger partial charge in [-0.05, 0) is 18.1 Å². The summed E-state index contributed by atoms with van der Waals surface area (Å²) in [5.41, 5.74) is 2.28. The Hall–Kier alpha value is -1.51. The van der Waals surface area contributed by atoms with Gasteiger partial charge in [0.2, 0.25) is 0 Å². The van der Waals surface area contributed by atoms with Crippen molar-refractivity contribution in [3.05, 3.63) is 29.3 Å². The minimum atomic E-state index is -0.860. The Morgan fingerprint density at radius 3 is 3.08 bits per heavy atom. The lowest BCUT2D eigenvalue weighted by atomic mass is 10.1. The highest BCUT2D eigenvalue weighted by atomic mass is 16.4. The number of rotatable bonds is 1. The molecule has 0 spiro atoms. The second-order valence-electron chi connectivity index (χ2n) is 2.82. The average molecular weight is 163 g/mol. The van der Waals surface area contributed by atoms with E-state index in [1.807, 2.05) is 6.07 Å². The van der Waals surface area contributed by atoms with Gasteiger partial charge in [0.05, 0.1) is 11.3 Å². The first-order valence-corrected chi connectivity index (χ1v) is 3.88. The average Bonchev–Trinajstić information content (AvgIpc) is 2.49. The third-order valence-corrected chi connectivity index (χ3v) is 2.08. The van der Waals surface area contributed by atoms with Crippen molar-refractivity contribution in [3.8, 4) is 0 Å². The third kappa shape index (κ3) is 0.942. The maximum atomic E-state index is 10.7. The summed E-state index contributed by atoms with van der Waals surface area (Å²) in [5.74, 6) is -0.860. The first kappa shape index (κ1) is 7.16. The van der Waals surface area contributed by atoms with E-state index in [4.69, 9.17) is 5.11 Å². The zero-order valence-electron chi connectivity index (χ0n) is 6.50. The van der Waals surface area contributed by atoms with E-state index in [2.05, 4.69) is 5.32 Å². The molecule has 0 saturated heterocycles. The molecule has 2 N–H and O–H groups in total. The van der Waals surface area contributed by atoms with Crippen LogP contribution in [0.5, 0.6) is 0 Å². The number of carboxylic acids is 1. The number of carbonyl (C=O) groups is 1. The number of para-hydroxylation sites is 1. The molecule has 0 bridgehead atoms. The minimum Gasteiger partial charge on any atom is -0.478 e. The monoisotopic (exact) mass is 163 g/mol. The number of benzene rings is 1. The summed E-state index contributed by atoms with van der Waals surface area (Å²) in [5, 5.41) is 11.9. The van der Waals surface area contributed by atoms with E-state index in [1.54, 1.807) is 12.1 Å². The van der Waals surface area contributed by atoms with Crippen molar-refractivity contribution in [2.45, 2.75) is 6.42 Å². The molecule has 2 rings (SSSR count). The van der Waals surface area contributed by atoms with E-state index in [9.17, 15) is 4.79 Å². The minimum absolute atomic E-state index is 0.380. The molecular formula is C9H9NO2. The summed E-state index contributed by atoms with van der Waals surface area (Å²) >= 11 is 0. The van der Waals surface area contributed by atoms with Crippen molar-refractivity contribution in [3.63, 3.8) is 0 Å². The number of hydrogen-bond acceptors (Lipinski definition) is 2. The first-order valence-electron chi connectivity index (χ1n) is 3.88. The van der Waals surface area contributed by atoms with Crippen LogP contribution < -0.4 is 5.32 Å². The van der Waals surface area contributed by atoms with Gasteiger partial charge >= 0.3 is 5.97 Å². The van der Waals surface area contributed by atoms with Crippen LogP contribution in [0.15, 0.2) is 18.2 Å². The summed E-state index contributed by atoms with van der Waals surface area (Å²) in [6, 6.07) is 5.37. The third-order valence-electron chi connectivity index (χ3n) is 2.08. The Balaban J connectivity index is 2.56. The fourth-order valence-electron chi connectivity index (χ4n) is 1.52. The molecule has 62 valence electrons. The smallest absolute Gasteiger partial charge is 0.337 e. The Bertz CT molecular complexity index is 333. The number of aromatic carboxylic acids is 1. The van der Waals surface area contributed by atoms with E-state index >= 15 is 0 Å². The highest BCUT2D eigenvalue weighted by Gasteiger charge is 2.16. The highest BCUT2D eigenvalue weighted by Crippen LogP contribution is 2.25. The van der Waals surface area contributed by atoms with E-state index < -0.39 is 5.97 Å². The molecular weight excluding hydrogens is 154 g/mol. The van der Waals surface area contributed by atoms with Gasteiger partial charge in [0.15, 0.2) is 0 Å². The number of anilines is 1. The van der Waals surface area contributed by atoms with Gasteiger partial charge in [-0.2, -0.15) is 0 Å². The zero-order chi connectivity index (χ0) is 8.55. The second-order valence-corrected chi connectivity index (χ2v) is 2.82. The number of nitrogens with one attached hydrogen (secondary N) is 1. The summed E-state index contributed by atoms with van der Waals surface area (Å²) in [7, 11) is 0. The van der Waals surface area contributed by atoms with Crippen molar-refractivity contribution in [2.75, 3.05) is 11.9 Å². The molecule has 0 unspecified atom stereocenters. The molecule has 12 heavy (non-hydrogen) atoms. The second kappa shape index (κ2) is 2.52. The van der Waals surface area contributed by atoms with Crippen molar-refractivity contribution in [1.29, 1.82) is 0 Å². The Kier molecular flexibility index (Phi) is 1.50. The fraction of sp³-hybridized carbons (Fsp3) is 0.222. The molecule has 0 aliphatic carbocycles. The van der Waals surface area contributed by atoms with Crippen molar-refractivity contribution in [2.24, 2.45) is 0 Å². The zero-order valence-corrected chi connectivity index (χ0v) is 6.50. The largest absolute Gasteiger partial charge is 0.478 e. The maximum Gasteiger partial charge on any atom is 0.337 e. The van der Waals surface area contributed by atoms with Crippen molar-refractivity contribution >= 4 is 11.7 Å². The van der Waals surface area contributed by atoms with Crippen LogP contribution in [-0.2, 0) is 6.42 Å². The predicted octanol–water partition coefficient (Wildman–Crippen LogP) is 1.35. The molecule has 3 heteroatoms. The Morgan fingerprint density at radius 1 is 1.50 bits per heavy atom. The van der Waals surface area contributed by atoms with E-state index in [1.165, 1.54) is 0 Å². The van der Waals surface area contributed by atoms with Gasteiger partial charge in [-0.3, -0.25) is 0 Å². The lowest BCUT2D eigenvalue weighted by Crippen LogP contribution is -2.01. The van der Waals surface area contributed by atoms with Crippen LogP contribution in [0.4, 0.5) is 5.69 Å². The standard InChI is InChI=1S/C9H9NO2/c11-9(12)7-3-1-2-6-4-5-10-8(6)7/h1-3,10H,4-5H2,(H,11,12). The number of fused-ring (bicyclic) bond motifs is 1. The lowest BCUT2D eigenvalue weighted by Gasteiger charge is -2.02. The van der Waals surface area contributed by atoms with E-state index in [-0.39, 0.29) is 0 Å². The molecule has 1 aromatic carbocycles. The topological polar surface area (TPSA) is 49.3 Å². The summed E-state index contributed by atoms with van der Waals surface area (Å²) in [6.07, 6.45) is 0.927. The van der Waals surface area contributed by atoms with Gasteiger partial charge in [0.1, 0.15) is 0 Å². The van der Waals surface area contributed by atoms with Gasteiger partial charge in [-0.25, -0.2) is 4.79 Å². The SMILES string of the molecule is O=C(O)c1cccc2c1NCC2. The summed E-state index contributed by atoms with van der Waals surface area (Å²) in [4.78, 5) is 10.7. The van der Waals surface area contributed by atoms with Crippen LogP contribution in [0.2, 0.25) is 0 Å². The van der Waals surface area contributed by atoms with Crippen LogP contribution in [0, 0.1) is 0 Å². The molecule has 0 amide bonds. The van der Waals surface area contributed by atoms with Gasteiger partial charge in [-0.15, -0.1) is 0 Å². The number of hydrogen-bond donors (Lipinski definition) is 2. The molecule has 0 fully saturated rings. The maximum absolute atomic E-state index is 10.7. The molecule has 1 aliphatic heterocycles. The van der Waals surface area contributed by atoms with Crippen molar-refractivity contribution in [1.82, 2.24) is 0 Å². The van der Waals surface area contributed by atoms with Gasteiger partial charge in [0, 0.05) is 6.54 Å². The van der Waals surface area contributed by atoms with Gasteiger partial charge < -0.3 is 10.4 Å². The lowest BCUT2D eigenvalue weighted by molar-refractivity contribution is 0.0698. The molecule has 0 radical (unpaired) electrons. The van der Waals surface area contributed by atoms with E-state index in [0.29, 0.717) is 5.56 Å². The molecule has 1 heterocycles. The van der Waals surface area contributed by atoms with Crippen LogP contribution >= 0.6 is 0 Å². The van der Waals surface area contributed by atoms with Crippen LogP contribution in [0.1, 0.15) is 15.9 Å². The molecule has 0 aromatic heterocycles. The molecule has 0 saturated carbocycles. The first-order chi connectivity index (χ1) is 5.79. The van der Waals surface area contributed by atoms with Crippen LogP contribution in [0.3, 0.4) is 0 Å². The molecule has 0 atom stereocenters. The normalized spacial score (nSPS) is 13.7. The van der Waals surface area contributed by atoms with Crippen LogP contribution in [0.25, 0.3) is 0 Å². The molecule has 1 aromatic rings. The molecule has 3 nitrogen and oxygen atoms in total. The Labute approximate surface area is 70.0 Å². The Morgan fingerprint density at radius 2 is 2.33 bits per heavy atom. The van der Waals surface area contributed by atoms with Gasteiger partial charge in [0.25, 0.3) is 0 Å². The van der Waals surface area contributed by atoms with E-state index in [0.717, 1.165) is 24.2 Å².